The lowest BCUT2D eigenvalue weighted by atomic mass is 10.2. The Kier molecular flexibility index (Phi) is 2.62. The van der Waals surface area contributed by atoms with Crippen LogP contribution in [0.25, 0.3) is 11.5 Å². The lowest BCUT2D eigenvalue weighted by Gasteiger charge is -1.98. The van der Waals surface area contributed by atoms with Gasteiger partial charge in [0.2, 0.25) is 11.7 Å². The summed E-state index contributed by atoms with van der Waals surface area (Å²) in [5.74, 6) is -2.31. The second-order valence-corrected chi connectivity index (χ2v) is 3.40. The molecule has 16 heavy (non-hydrogen) atoms. The average molecular weight is 242 g/mol. The molecule has 4 nitrogen and oxygen atoms in total. The molecule has 1 heterocycles. The molecule has 1 aromatic carbocycles. The number of hydrogen-bond acceptors (Lipinski definition) is 3. The van der Waals surface area contributed by atoms with Gasteiger partial charge < -0.3 is 9.52 Å². The second-order valence-electron chi connectivity index (χ2n) is 2.96. The fourth-order valence-electron chi connectivity index (χ4n) is 1.16. The molecule has 0 aliphatic carbocycles. The number of oxazole rings is 1. The quantitative estimate of drug-likeness (QED) is 0.878. The first kappa shape index (κ1) is 10.6. The Balaban J connectivity index is 2.50. The van der Waals surface area contributed by atoms with Gasteiger partial charge in [-0.2, -0.15) is 0 Å². The molecule has 82 valence electrons. The fourth-order valence-corrected chi connectivity index (χ4v) is 1.33. The Bertz CT molecular complexity index is 553. The summed E-state index contributed by atoms with van der Waals surface area (Å²) >= 11 is 5.68. The molecule has 0 spiro atoms. The van der Waals surface area contributed by atoms with Gasteiger partial charge in [-0.05, 0) is 18.2 Å². The molecule has 2 rings (SSSR count). The third-order valence-corrected chi connectivity index (χ3v) is 2.11. The lowest BCUT2D eigenvalue weighted by Crippen LogP contribution is -1.91. The summed E-state index contributed by atoms with van der Waals surface area (Å²) in [7, 11) is 0. The van der Waals surface area contributed by atoms with Gasteiger partial charge in [0.15, 0.2) is 0 Å². The van der Waals surface area contributed by atoms with E-state index in [4.69, 9.17) is 21.1 Å². The van der Waals surface area contributed by atoms with Crippen molar-refractivity contribution in [3.8, 4) is 11.5 Å². The number of nitrogens with zero attached hydrogens (tertiary/aromatic N) is 1. The molecule has 0 bridgehead atoms. The number of carboxylic acids is 1. The van der Waals surface area contributed by atoms with Crippen molar-refractivity contribution in [1.82, 2.24) is 4.98 Å². The van der Waals surface area contributed by atoms with E-state index in [1.165, 1.54) is 12.1 Å². The highest BCUT2D eigenvalue weighted by Crippen LogP contribution is 2.25. The monoisotopic (exact) mass is 241 g/mol. The average Bonchev–Trinajstić information content (AvgIpc) is 2.70. The molecular formula is C10H5ClFNO3. The fraction of sp³-hybridized carbons (Fsp3) is 0. The van der Waals surface area contributed by atoms with Crippen LogP contribution in [0.3, 0.4) is 0 Å². The van der Waals surface area contributed by atoms with Gasteiger partial charge >= 0.3 is 5.97 Å². The molecule has 0 unspecified atom stereocenters. The molecule has 0 atom stereocenters. The maximum atomic E-state index is 13.4. The number of aromatic carboxylic acids is 1. The van der Waals surface area contributed by atoms with Gasteiger partial charge in [-0.15, -0.1) is 0 Å². The molecule has 0 saturated heterocycles. The molecule has 0 fully saturated rings. The summed E-state index contributed by atoms with van der Waals surface area (Å²) in [4.78, 5) is 14.2. The van der Waals surface area contributed by atoms with E-state index in [1.54, 1.807) is 0 Å². The van der Waals surface area contributed by atoms with Crippen molar-refractivity contribution in [1.29, 1.82) is 0 Å². The van der Waals surface area contributed by atoms with Crippen LogP contribution in [0, 0.1) is 5.82 Å². The van der Waals surface area contributed by atoms with Crippen molar-refractivity contribution in [3.63, 3.8) is 0 Å². The summed E-state index contributed by atoms with van der Waals surface area (Å²) in [5.41, 5.74) is 0.0278. The van der Waals surface area contributed by atoms with Crippen LogP contribution in [0.15, 0.2) is 28.8 Å². The van der Waals surface area contributed by atoms with E-state index in [-0.39, 0.29) is 17.2 Å². The summed E-state index contributed by atoms with van der Waals surface area (Å²) < 4.78 is 18.2. The Morgan fingerprint density at radius 2 is 2.25 bits per heavy atom. The highest BCUT2D eigenvalue weighted by atomic mass is 35.5. The first-order valence-corrected chi connectivity index (χ1v) is 4.60. The molecule has 0 saturated carbocycles. The zero-order valence-electron chi connectivity index (χ0n) is 7.78. The van der Waals surface area contributed by atoms with Crippen LogP contribution in [0.4, 0.5) is 4.39 Å². The maximum Gasteiger partial charge on any atom is 0.373 e. The van der Waals surface area contributed by atoms with Gasteiger partial charge in [-0.3, -0.25) is 0 Å². The van der Waals surface area contributed by atoms with Crippen molar-refractivity contribution < 1.29 is 18.7 Å². The topological polar surface area (TPSA) is 63.3 Å². The third kappa shape index (κ3) is 1.90. The summed E-state index contributed by atoms with van der Waals surface area (Å²) in [5, 5.41) is 8.93. The van der Waals surface area contributed by atoms with Gasteiger partial charge in [0.05, 0.1) is 11.8 Å². The number of benzene rings is 1. The number of carboxylic acid groups (broad SMARTS) is 1. The normalized spacial score (nSPS) is 10.4. The van der Waals surface area contributed by atoms with Gasteiger partial charge in [0.1, 0.15) is 5.82 Å². The molecule has 0 amide bonds. The third-order valence-electron chi connectivity index (χ3n) is 1.88. The van der Waals surface area contributed by atoms with Gasteiger partial charge in [-0.1, -0.05) is 11.6 Å². The van der Waals surface area contributed by atoms with Gasteiger partial charge in [-0.25, -0.2) is 14.2 Å². The zero-order chi connectivity index (χ0) is 11.7. The number of hydrogen-bond donors (Lipinski definition) is 1. The number of aromatic nitrogens is 1. The Morgan fingerprint density at radius 1 is 1.50 bits per heavy atom. The summed E-state index contributed by atoms with van der Waals surface area (Å²) in [6.07, 6.45) is 1.01. The van der Waals surface area contributed by atoms with Crippen LogP contribution in [0.2, 0.25) is 5.02 Å². The van der Waals surface area contributed by atoms with Crippen LogP contribution < -0.4 is 0 Å². The Hall–Kier alpha value is -1.88. The van der Waals surface area contributed by atoms with Crippen molar-refractivity contribution in [2.45, 2.75) is 0 Å². The van der Waals surface area contributed by atoms with Crippen LogP contribution in [0.5, 0.6) is 0 Å². The van der Waals surface area contributed by atoms with E-state index < -0.39 is 11.8 Å². The van der Waals surface area contributed by atoms with E-state index in [9.17, 15) is 9.18 Å². The Morgan fingerprint density at radius 3 is 2.88 bits per heavy atom. The maximum absolute atomic E-state index is 13.4. The SMILES string of the molecule is O=C(O)c1cnc(-c2cc(Cl)ccc2F)o1. The van der Waals surface area contributed by atoms with E-state index in [0.717, 1.165) is 12.3 Å². The molecule has 0 aliphatic rings. The minimum atomic E-state index is -1.26. The van der Waals surface area contributed by atoms with E-state index in [2.05, 4.69) is 4.98 Å². The minimum Gasteiger partial charge on any atom is -0.475 e. The molecule has 2 aromatic rings. The van der Waals surface area contributed by atoms with E-state index in [0.29, 0.717) is 5.02 Å². The molecule has 1 aromatic heterocycles. The second kappa shape index (κ2) is 3.94. The Labute approximate surface area is 94.3 Å². The van der Waals surface area contributed by atoms with Crippen LogP contribution >= 0.6 is 11.6 Å². The standard InChI is InChI=1S/C10H5ClFNO3/c11-5-1-2-7(12)6(3-5)9-13-4-8(16-9)10(14)15/h1-4H,(H,14,15). The van der Waals surface area contributed by atoms with Crippen LogP contribution in [-0.4, -0.2) is 16.1 Å². The van der Waals surface area contributed by atoms with Crippen molar-refractivity contribution in [3.05, 3.63) is 41.0 Å². The predicted molar refractivity (Wildman–Crippen MR) is 53.9 cm³/mol. The zero-order valence-corrected chi connectivity index (χ0v) is 8.53. The summed E-state index contributed by atoms with van der Waals surface area (Å²) in [6, 6.07) is 3.85. The van der Waals surface area contributed by atoms with Crippen molar-refractivity contribution in [2.24, 2.45) is 0 Å². The number of carbonyl (C=O) groups is 1. The number of rotatable bonds is 2. The molecule has 0 radical (unpaired) electrons. The smallest absolute Gasteiger partial charge is 0.373 e. The van der Waals surface area contributed by atoms with E-state index >= 15 is 0 Å². The number of halogens is 2. The van der Waals surface area contributed by atoms with Gasteiger partial charge in [0, 0.05) is 5.02 Å². The molecule has 1 N–H and O–H groups in total. The minimum absolute atomic E-state index is 0.0278. The molecule has 6 heteroatoms. The molecule has 0 aliphatic heterocycles. The van der Waals surface area contributed by atoms with E-state index in [1.807, 2.05) is 0 Å². The summed E-state index contributed by atoms with van der Waals surface area (Å²) in [6.45, 7) is 0. The first-order chi connectivity index (χ1) is 7.58. The van der Waals surface area contributed by atoms with Crippen LogP contribution in [0.1, 0.15) is 10.6 Å². The van der Waals surface area contributed by atoms with Crippen molar-refractivity contribution >= 4 is 17.6 Å². The lowest BCUT2D eigenvalue weighted by molar-refractivity contribution is 0.0663. The first-order valence-electron chi connectivity index (χ1n) is 4.22. The van der Waals surface area contributed by atoms with Gasteiger partial charge in [0.25, 0.3) is 0 Å². The van der Waals surface area contributed by atoms with Crippen molar-refractivity contribution in [2.75, 3.05) is 0 Å². The highest BCUT2D eigenvalue weighted by molar-refractivity contribution is 6.30. The largest absolute Gasteiger partial charge is 0.475 e. The molecular weight excluding hydrogens is 237 g/mol. The predicted octanol–water partition coefficient (Wildman–Crippen LogP) is 2.83. The van der Waals surface area contributed by atoms with Crippen LogP contribution in [-0.2, 0) is 0 Å². The highest BCUT2D eigenvalue weighted by Gasteiger charge is 2.15.